The molecule has 0 amide bonds. The first kappa shape index (κ1) is 8.91. The number of hydrogen-bond donors (Lipinski definition) is 4. The summed E-state index contributed by atoms with van der Waals surface area (Å²) in [7, 11) is 0. The molecule has 0 aromatic heterocycles. The molecule has 0 radical (unpaired) electrons. The summed E-state index contributed by atoms with van der Waals surface area (Å²) in [5.41, 5.74) is 2.26. The molecule has 80 valence electrons. The molecule has 0 aliphatic heterocycles. The van der Waals surface area contributed by atoms with Crippen molar-refractivity contribution in [3.8, 4) is 45.3 Å². The van der Waals surface area contributed by atoms with E-state index >= 15 is 0 Å². The van der Waals surface area contributed by atoms with Crippen LogP contribution >= 0.6 is 0 Å². The van der Waals surface area contributed by atoms with Crippen LogP contribution in [0.2, 0.25) is 0 Å². The lowest BCUT2D eigenvalue weighted by Gasteiger charge is -2.26. The van der Waals surface area contributed by atoms with Gasteiger partial charge in [0.2, 0.25) is 11.5 Å². The minimum atomic E-state index is -0.689. The molecular formula is C12H8O4. The van der Waals surface area contributed by atoms with E-state index in [9.17, 15) is 20.4 Å². The fourth-order valence-electron chi connectivity index (χ4n) is 2.08. The zero-order chi connectivity index (χ0) is 11.4. The third-order valence-electron chi connectivity index (χ3n) is 2.86. The first-order valence-corrected chi connectivity index (χ1v) is 4.72. The molecule has 4 nitrogen and oxygen atoms in total. The van der Waals surface area contributed by atoms with Crippen molar-refractivity contribution >= 4 is 0 Å². The van der Waals surface area contributed by atoms with Crippen molar-refractivity contribution in [2.45, 2.75) is 0 Å². The zero-order valence-corrected chi connectivity index (χ0v) is 8.10. The van der Waals surface area contributed by atoms with Gasteiger partial charge in [-0.3, -0.25) is 0 Å². The predicted molar refractivity (Wildman–Crippen MR) is 57.5 cm³/mol. The van der Waals surface area contributed by atoms with Gasteiger partial charge in [0.25, 0.3) is 0 Å². The Kier molecular flexibility index (Phi) is 1.45. The molecule has 4 N–H and O–H groups in total. The maximum atomic E-state index is 9.67. The summed E-state index contributed by atoms with van der Waals surface area (Å²) in [6.07, 6.45) is 0. The van der Waals surface area contributed by atoms with Crippen molar-refractivity contribution in [2.75, 3.05) is 0 Å². The average Bonchev–Trinajstić information content (AvgIpc) is 2.27. The smallest absolute Gasteiger partial charge is 0.204 e. The van der Waals surface area contributed by atoms with Crippen LogP contribution in [0.25, 0.3) is 22.3 Å². The highest BCUT2D eigenvalue weighted by atomic mass is 16.3. The molecule has 16 heavy (non-hydrogen) atoms. The Labute approximate surface area is 90.7 Å². The topological polar surface area (TPSA) is 80.9 Å². The van der Waals surface area contributed by atoms with Gasteiger partial charge in [-0.1, -0.05) is 24.3 Å². The van der Waals surface area contributed by atoms with Gasteiger partial charge in [-0.25, -0.2) is 0 Å². The Bertz CT molecular complexity index is 563. The van der Waals surface area contributed by atoms with Crippen molar-refractivity contribution in [2.24, 2.45) is 0 Å². The Morgan fingerprint density at radius 3 is 1.31 bits per heavy atom. The summed E-state index contributed by atoms with van der Waals surface area (Å²) in [6.45, 7) is 0. The molecule has 0 fully saturated rings. The van der Waals surface area contributed by atoms with Gasteiger partial charge in [0.1, 0.15) is 0 Å². The molecule has 0 spiro atoms. The van der Waals surface area contributed by atoms with Gasteiger partial charge in [-0.2, -0.15) is 0 Å². The number of phenolic OH excluding ortho intramolecular Hbond substituents is 4. The van der Waals surface area contributed by atoms with Gasteiger partial charge in [0.05, 0.1) is 0 Å². The molecule has 0 atom stereocenters. The summed E-state index contributed by atoms with van der Waals surface area (Å²) in [5.74, 6) is -2.18. The normalized spacial score (nSPS) is 11.5. The largest absolute Gasteiger partial charge is 0.504 e. The summed E-state index contributed by atoms with van der Waals surface area (Å²) < 4.78 is 0. The molecule has 0 bridgehead atoms. The molecule has 2 aromatic carbocycles. The molecule has 0 heterocycles. The molecule has 4 heteroatoms. The van der Waals surface area contributed by atoms with E-state index < -0.39 is 23.0 Å². The Hall–Kier alpha value is -2.36. The van der Waals surface area contributed by atoms with Gasteiger partial charge in [-0.05, 0) is 11.1 Å². The van der Waals surface area contributed by atoms with Crippen LogP contribution in [0.15, 0.2) is 24.3 Å². The fourth-order valence-corrected chi connectivity index (χ4v) is 2.08. The van der Waals surface area contributed by atoms with Crippen molar-refractivity contribution in [1.29, 1.82) is 0 Å². The Balaban J connectivity index is 2.41. The van der Waals surface area contributed by atoms with Gasteiger partial charge in [0.15, 0.2) is 11.5 Å². The number of rotatable bonds is 0. The average molecular weight is 216 g/mol. The van der Waals surface area contributed by atoms with Crippen molar-refractivity contribution in [3.05, 3.63) is 24.3 Å². The quantitative estimate of drug-likeness (QED) is 0.343. The van der Waals surface area contributed by atoms with E-state index in [1.807, 2.05) is 0 Å². The van der Waals surface area contributed by atoms with E-state index in [4.69, 9.17) is 0 Å². The summed E-state index contributed by atoms with van der Waals surface area (Å²) in [4.78, 5) is 0. The van der Waals surface area contributed by atoms with E-state index in [1.165, 1.54) is 0 Å². The number of hydrogen-bond acceptors (Lipinski definition) is 4. The van der Waals surface area contributed by atoms with Gasteiger partial charge >= 0.3 is 0 Å². The second-order valence-corrected chi connectivity index (χ2v) is 3.69. The SMILES string of the molecule is Oc1c(O)c(O)c2c(c1O)-c1ccccc1-2. The number of phenols is 4. The third-order valence-corrected chi connectivity index (χ3v) is 2.86. The first-order chi connectivity index (χ1) is 7.63. The summed E-state index contributed by atoms with van der Waals surface area (Å²) in [6, 6.07) is 7.13. The minimum absolute atomic E-state index is 0.378. The lowest BCUT2D eigenvalue weighted by atomic mass is 9.79. The lowest BCUT2D eigenvalue weighted by Crippen LogP contribution is -1.99. The number of aromatic hydroxyl groups is 4. The van der Waals surface area contributed by atoms with Gasteiger partial charge < -0.3 is 20.4 Å². The molecule has 1 aliphatic carbocycles. The first-order valence-electron chi connectivity index (χ1n) is 4.72. The fraction of sp³-hybridized carbons (Fsp3) is 0. The van der Waals surface area contributed by atoms with Crippen LogP contribution in [0.1, 0.15) is 0 Å². The van der Waals surface area contributed by atoms with Crippen LogP contribution in [0.4, 0.5) is 0 Å². The second-order valence-electron chi connectivity index (χ2n) is 3.69. The maximum Gasteiger partial charge on any atom is 0.204 e. The molecule has 0 saturated carbocycles. The standard InChI is InChI=1S/C12H8O4/c13-9-7-5-3-1-2-4-6(5)8(7)10(14)12(16)11(9)15/h1-4,13-16H. The molecule has 0 saturated heterocycles. The highest BCUT2D eigenvalue weighted by molar-refractivity contribution is 6.09. The van der Waals surface area contributed by atoms with Crippen LogP contribution in [0.3, 0.4) is 0 Å². The van der Waals surface area contributed by atoms with Crippen molar-refractivity contribution in [1.82, 2.24) is 0 Å². The second kappa shape index (κ2) is 2.61. The predicted octanol–water partition coefficient (Wildman–Crippen LogP) is 2.16. The van der Waals surface area contributed by atoms with Crippen LogP contribution < -0.4 is 0 Å². The summed E-state index contributed by atoms with van der Waals surface area (Å²) in [5, 5.41) is 38.1. The Morgan fingerprint density at radius 2 is 0.938 bits per heavy atom. The monoisotopic (exact) mass is 216 g/mol. The third kappa shape index (κ3) is 0.798. The van der Waals surface area contributed by atoms with Gasteiger partial charge in [0, 0.05) is 11.1 Å². The zero-order valence-electron chi connectivity index (χ0n) is 8.10. The number of fused-ring (bicyclic) bond motifs is 4. The van der Waals surface area contributed by atoms with Crippen molar-refractivity contribution < 1.29 is 20.4 Å². The lowest BCUT2D eigenvalue weighted by molar-refractivity contribution is 0.347. The van der Waals surface area contributed by atoms with E-state index in [-0.39, 0.29) is 0 Å². The number of benzene rings is 2. The van der Waals surface area contributed by atoms with E-state index in [0.29, 0.717) is 11.1 Å². The Morgan fingerprint density at radius 1 is 0.562 bits per heavy atom. The molecule has 2 aromatic rings. The van der Waals surface area contributed by atoms with Crippen LogP contribution in [-0.4, -0.2) is 20.4 Å². The van der Waals surface area contributed by atoms with Crippen LogP contribution in [0.5, 0.6) is 23.0 Å². The van der Waals surface area contributed by atoms with Crippen molar-refractivity contribution in [3.63, 3.8) is 0 Å². The van der Waals surface area contributed by atoms with E-state index in [0.717, 1.165) is 11.1 Å². The highest BCUT2D eigenvalue weighted by Crippen LogP contribution is 2.62. The van der Waals surface area contributed by atoms with Crippen LogP contribution in [-0.2, 0) is 0 Å². The van der Waals surface area contributed by atoms with E-state index in [2.05, 4.69) is 0 Å². The summed E-state index contributed by atoms with van der Waals surface area (Å²) >= 11 is 0. The molecule has 3 rings (SSSR count). The van der Waals surface area contributed by atoms with E-state index in [1.54, 1.807) is 24.3 Å². The minimum Gasteiger partial charge on any atom is -0.504 e. The molecule has 1 aliphatic rings. The molecular weight excluding hydrogens is 208 g/mol. The maximum absolute atomic E-state index is 9.67. The highest BCUT2D eigenvalue weighted by Gasteiger charge is 2.33. The van der Waals surface area contributed by atoms with Gasteiger partial charge in [-0.15, -0.1) is 0 Å². The molecule has 0 unspecified atom stereocenters. The van der Waals surface area contributed by atoms with Crippen LogP contribution in [0, 0.1) is 0 Å².